The van der Waals surface area contributed by atoms with Crippen molar-refractivity contribution in [2.45, 2.75) is 37.6 Å². The average molecular weight is 405 g/mol. The number of anilines is 1. The molecule has 4 nitrogen and oxygen atoms in total. The first-order valence-corrected chi connectivity index (χ1v) is 9.58. The normalized spacial score (nSPS) is 14.2. The summed E-state index contributed by atoms with van der Waals surface area (Å²) >= 11 is 7.20. The first kappa shape index (κ1) is 19.1. The Bertz CT molecular complexity index is 808. The number of aryl methyl sites for hydroxylation is 1. The maximum atomic E-state index is 12.8. The van der Waals surface area contributed by atoms with Crippen LogP contribution in [0.4, 0.5) is 18.9 Å². The number of thioether (sulfide) groups is 1. The van der Waals surface area contributed by atoms with Crippen molar-refractivity contribution in [3.8, 4) is 0 Å². The Balaban J connectivity index is 1.56. The summed E-state index contributed by atoms with van der Waals surface area (Å²) in [4.78, 5) is 12.0. The predicted molar refractivity (Wildman–Crippen MR) is 94.4 cm³/mol. The lowest BCUT2D eigenvalue weighted by Crippen LogP contribution is -2.15. The minimum Gasteiger partial charge on any atom is -0.361 e. The van der Waals surface area contributed by atoms with Gasteiger partial charge in [-0.1, -0.05) is 16.8 Å². The van der Waals surface area contributed by atoms with Gasteiger partial charge in [0.05, 0.1) is 27.7 Å². The number of benzene rings is 1. The van der Waals surface area contributed by atoms with Gasteiger partial charge in [0.25, 0.3) is 0 Å². The van der Waals surface area contributed by atoms with E-state index in [9.17, 15) is 18.0 Å². The van der Waals surface area contributed by atoms with Crippen molar-refractivity contribution in [1.29, 1.82) is 0 Å². The van der Waals surface area contributed by atoms with Crippen LogP contribution in [-0.2, 0) is 29.6 Å². The highest BCUT2D eigenvalue weighted by atomic mass is 35.5. The molecule has 1 aliphatic carbocycles. The molecule has 0 fully saturated rings. The fraction of sp³-hybridized carbons (Fsp3) is 0.412. The Morgan fingerprint density at radius 3 is 2.85 bits per heavy atom. The van der Waals surface area contributed by atoms with Crippen molar-refractivity contribution in [1.82, 2.24) is 5.16 Å². The number of carbonyl (C=O) groups excluding carboxylic acids is 1. The van der Waals surface area contributed by atoms with Crippen molar-refractivity contribution in [2.75, 3.05) is 11.1 Å². The second kappa shape index (κ2) is 7.92. The summed E-state index contributed by atoms with van der Waals surface area (Å²) in [6.07, 6.45) is -0.484. The Morgan fingerprint density at radius 1 is 1.31 bits per heavy atom. The van der Waals surface area contributed by atoms with E-state index in [0.717, 1.165) is 60.9 Å². The molecule has 0 spiro atoms. The van der Waals surface area contributed by atoms with Gasteiger partial charge in [0.1, 0.15) is 5.76 Å². The molecule has 1 aromatic carbocycles. The lowest BCUT2D eigenvalue weighted by atomic mass is 9.97. The number of rotatable bonds is 5. The number of hydrogen-bond donors (Lipinski definition) is 1. The molecule has 0 aliphatic heterocycles. The third-order valence-corrected chi connectivity index (χ3v) is 5.34. The van der Waals surface area contributed by atoms with Crippen LogP contribution in [-0.4, -0.2) is 16.8 Å². The largest absolute Gasteiger partial charge is 0.416 e. The van der Waals surface area contributed by atoms with E-state index in [1.54, 1.807) is 0 Å². The van der Waals surface area contributed by atoms with Crippen molar-refractivity contribution < 1.29 is 22.5 Å². The predicted octanol–water partition coefficient (Wildman–Crippen LogP) is 5.10. The number of carbonyl (C=O) groups is 1. The van der Waals surface area contributed by atoms with Crippen LogP contribution in [0.15, 0.2) is 22.7 Å². The SMILES string of the molecule is O=C(CSCc1noc2c1CCCC2)Nc1cc(C(F)(F)F)ccc1Cl. The summed E-state index contributed by atoms with van der Waals surface area (Å²) in [7, 11) is 0. The summed E-state index contributed by atoms with van der Waals surface area (Å²) in [5, 5.41) is 6.54. The van der Waals surface area contributed by atoms with Crippen LogP contribution in [0, 0.1) is 0 Å². The van der Waals surface area contributed by atoms with Crippen molar-refractivity contribution in [3.05, 3.63) is 45.8 Å². The molecule has 2 aromatic rings. The zero-order valence-electron chi connectivity index (χ0n) is 13.7. The summed E-state index contributed by atoms with van der Waals surface area (Å²) in [5.41, 5.74) is 1.06. The topological polar surface area (TPSA) is 55.1 Å². The maximum absolute atomic E-state index is 12.8. The number of fused-ring (bicyclic) bond motifs is 1. The number of alkyl halides is 3. The number of nitrogens with zero attached hydrogens (tertiary/aromatic N) is 1. The lowest BCUT2D eigenvalue weighted by Gasteiger charge is -2.11. The molecule has 1 heterocycles. The highest BCUT2D eigenvalue weighted by Crippen LogP contribution is 2.34. The molecular weight excluding hydrogens is 389 g/mol. The average Bonchev–Trinajstić information content (AvgIpc) is 2.99. The van der Waals surface area contributed by atoms with Crippen molar-refractivity contribution >= 4 is 35.0 Å². The van der Waals surface area contributed by atoms with Crippen LogP contribution < -0.4 is 5.32 Å². The molecular formula is C17H16ClF3N2O2S. The number of halogens is 4. The highest BCUT2D eigenvalue weighted by Gasteiger charge is 2.31. The van der Waals surface area contributed by atoms with E-state index in [0.29, 0.717) is 5.75 Å². The van der Waals surface area contributed by atoms with Gasteiger partial charge in [0.15, 0.2) is 0 Å². The van der Waals surface area contributed by atoms with Gasteiger partial charge in [0.2, 0.25) is 5.91 Å². The van der Waals surface area contributed by atoms with Gasteiger partial charge in [0, 0.05) is 17.7 Å². The maximum Gasteiger partial charge on any atom is 0.416 e. The van der Waals surface area contributed by atoms with E-state index < -0.39 is 17.6 Å². The molecule has 0 radical (unpaired) electrons. The van der Waals surface area contributed by atoms with Crippen LogP contribution in [0.25, 0.3) is 0 Å². The van der Waals surface area contributed by atoms with E-state index in [1.807, 2.05) is 0 Å². The van der Waals surface area contributed by atoms with Gasteiger partial charge in [-0.05, 0) is 37.5 Å². The summed E-state index contributed by atoms with van der Waals surface area (Å²) < 4.78 is 43.6. The smallest absolute Gasteiger partial charge is 0.361 e. The van der Waals surface area contributed by atoms with Gasteiger partial charge in [-0.2, -0.15) is 13.2 Å². The quantitative estimate of drug-likeness (QED) is 0.753. The van der Waals surface area contributed by atoms with Crippen LogP contribution in [0.1, 0.15) is 35.4 Å². The zero-order valence-corrected chi connectivity index (χ0v) is 15.2. The van der Waals surface area contributed by atoms with Crippen LogP contribution in [0.3, 0.4) is 0 Å². The third kappa shape index (κ3) is 4.54. The van der Waals surface area contributed by atoms with Gasteiger partial charge >= 0.3 is 6.18 Å². The Morgan fingerprint density at radius 2 is 2.08 bits per heavy atom. The van der Waals surface area contributed by atoms with Crippen LogP contribution in [0.5, 0.6) is 0 Å². The van der Waals surface area contributed by atoms with Gasteiger partial charge in [-0.3, -0.25) is 4.79 Å². The molecule has 1 N–H and O–H groups in total. The minimum atomic E-state index is -4.50. The fourth-order valence-electron chi connectivity index (χ4n) is 2.79. The molecule has 0 saturated carbocycles. The Labute approximate surface area is 157 Å². The number of hydrogen-bond acceptors (Lipinski definition) is 4. The first-order chi connectivity index (χ1) is 12.3. The van der Waals surface area contributed by atoms with E-state index >= 15 is 0 Å². The standard InChI is InChI=1S/C17H16ClF3N2O2S/c18-12-6-5-10(17(19,20)21)7-13(12)22-16(24)9-26-8-14-11-3-1-2-4-15(11)25-23-14/h5-7H,1-4,8-9H2,(H,22,24). The fourth-order valence-corrected chi connectivity index (χ4v) is 3.73. The lowest BCUT2D eigenvalue weighted by molar-refractivity contribution is -0.137. The monoisotopic (exact) mass is 404 g/mol. The second-order valence-corrected chi connectivity index (χ2v) is 7.36. The molecule has 9 heteroatoms. The van der Waals surface area contributed by atoms with Gasteiger partial charge in [-0.15, -0.1) is 11.8 Å². The first-order valence-electron chi connectivity index (χ1n) is 8.05. The molecule has 140 valence electrons. The summed E-state index contributed by atoms with van der Waals surface area (Å²) in [6.45, 7) is 0. The molecule has 1 aliphatic rings. The van der Waals surface area contributed by atoms with Crippen molar-refractivity contribution in [2.24, 2.45) is 0 Å². The zero-order chi connectivity index (χ0) is 18.7. The Hall–Kier alpha value is -1.67. The Kier molecular flexibility index (Phi) is 5.82. The molecule has 26 heavy (non-hydrogen) atoms. The van der Waals surface area contributed by atoms with E-state index in [1.165, 1.54) is 11.8 Å². The minimum absolute atomic E-state index is 0.0501. The molecule has 0 bridgehead atoms. The number of aromatic nitrogens is 1. The van der Waals surface area contributed by atoms with E-state index in [4.69, 9.17) is 16.1 Å². The van der Waals surface area contributed by atoms with Gasteiger partial charge in [-0.25, -0.2) is 0 Å². The number of nitrogens with one attached hydrogen (secondary N) is 1. The molecule has 0 unspecified atom stereocenters. The highest BCUT2D eigenvalue weighted by molar-refractivity contribution is 7.99. The third-order valence-electron chi connectivity index (χ3n) is 4.07. The van der Waals surface area contributed by atoms with Crippen LogP contribution in [0.2, 0.25) is 5.02 Å². The molecule has 0 saturated heterocycles. The molecule has 3 rings (SSSR count). The molecule has 1 aromatic heterocycles. The van der Waals surface area contributed by atoms with Crippen molar-refractivity contribution in [3.63, 3.8) is 0 Å². The van der Waals surface area contributed by atoms with E-state index in [2.05, 4.69) is 10.5 Å². The second-order valence-electron chi connectivity index (χ2n) is 5.97. The molecule has 1 amide bonds. The molecule has 0 atom stereocenters. The summed E-state index contributed by atoms with van der Waals surface area (Å²) in [5.74, 6) is 1.09. The number of amides is 1. The summed E-state index contributed by atoms with van der Waals surface area (Å²) in [6, 6.07) is 2.83. The van der Waals surface area contributed by atoms with Crippen LogP contribution >= 0.6 is 23.4 Å². The van der Waals surface area contributed by atoms with Gasteiger partial charge < -0.3 is 9.84 Å². The van der Waals surface area contributed by atoms with E-state index in [-0.39, 0.29) is 16.5 Å².